The molecule has 1 N–H and O–H groups in total. The van der Waals surface area contributed by atoms with Crippen LogP contribution in [-0.4, -0.2) is 46.8 Å². The SMILES string of the molecule is Cc1ncc(-c2ccc(OC(C)COc3ccccc3)cn2)c(N2CCC(C)(C)CC2)c1CC(=O)O. The molecule has 1 atom stereocenters. The van der Waals surface area contributed by atoms with Crippen molar-refractivity contribution in [3.63, 3.8) is 0 Å². The van der Waals surface area contributed by atoms with Crippen molar-refractivity contribution >= 4 is 11.7 Å². The number of piperidine rings is 1. The molecule has 36 heavy (non-hydrogen) atoms. The Hall–Kier alpha value is -3.61. The molecule has 0 spiro atoms. The summed E-state index contributed by atoms with van der Waals surface area (Å²) < 4.78 is 11.8. The summed E-state index contributed by atoms with van der Waals surface area (Å²) in [6, 6.07) is 13.5. The zero-order valence-corrected chi connectivity index (χ0v) is 21.5. The first-order valence-corrected chi connectivity index (χ1v) is 12.5. The summed E-state index contributed by atoms with van der Waals surface area (Å²) in [7, 11) is 0. The Morgan fingerprint density at radius 2 is 1.78 bits per heavy atom. The highest BCUT2D eigenvalue weighted by molar-refractivity contribution is 5.83. The van der Waals surface area contributed by atoms with Gasteiger partial charge >= 0.3 is 5.97 Å². The second-order valence-electron chi connectivity index (χ2n) is 10.2. The molecular formula is C29H35N3O4. The van der Waals surface area contributed by atoms with Crippen LogP contribution < -0.4 is 14.4 Å². The predicted molar refractivity (Wildman–Crippen MR) is 141 cm³/mol. The van der Waals surface area contributed by atoms with E-state index in [1.54, 1.807) is 6.20 Å². The van der Waals surface area contributed by atoms with Gasteiger partial charge in [-0.05, 0) is 56.4 Å². The van der Waals surface area contributed by atoms with Crippen molar-refractivity contribution in [3.05, 3.63) is 66.1 Å². The highest BCUT2D eigenvalue weighted by Gasteiger charge is 2.29. The van der Waals surface area contributed by atoms with E-state index >= 15 is 0 Å². The molecule has 7 nitrogen and oxygen atoms in total. The fourth-order valence-electron chi connectivity index (χ4n) is 4.49. The Bertz CT molecular complexity index is 1170. The molecular weight excluding hydrogens is 454 g/mol. The summed E-state index contributed by atoms with van der Waals surface area (Å²) >= 11 is 0. The summed E-state index contributed by atoms with van der Waals surface area (Å²) in [5, 5.41) is 9.61. The molecule has 0 radical (unpaired) electrons. The number of carboxylic acid groups (broad SMARTS) is 1. The standard InChI is InChI=1S/C29H35N3O4/c1-20(19-35-22-8-6-5-7-9-22)36-23-10-11-26(31-17-23)25-18-30-21(2)24(16-27(33)34)28(25)32-14-12-29(3,4)13-15-32/h5-11,17-18,20H,12-16,19H2,1-4H3,(H,33,34). The minimum Gasteiger partial charge on any atom is -0.490 e. The van der Waals surface area contributed by atoms with Crippen LogP contribution in [0.5, 0.6) is 11.5 Å². The highest BCUT2D eigenvalue weighted by atomic mass is 16.5. The lowest BCUT2D eigenvalue weighted by atomic mass is 9.82. The third kappa shape index (κ3) is 6.33. The highest BCUT2D eigenvalue weighted by Crippen LogP contribution is 2.39. The van der Waals surface area contributed by atoms with Crippen molar-refractivity contribution in [2.24, 2.45) is 5.41 Å². The molecule has 1 saturated heterocycles. The van der Waals surface area contributed by atoms with Crippen molar-refractivity contribution in [3.8, 4) is 22.8 Å². The number of pyridine rings is 2. The fourth-order valence-corrected chi connectivity index (χ4v) is 4.49. The molecule has 4 rings (SSSR count). The first-order valence-electron chi connectivity index (χ1n) is 12.5. The number of aromatic nitrogens is 2. The minimum absolute atomic E-state index is 0.0674. The molecule has 190 valence electrons. The van der Waals surface area contributed by atoms with Gasteiger partial charge in [0.15, 0.2) is 0 Å². The normalized spacial score (nSPS) is 15.8. The lowest BCUT2D eigenvalue weighted by Gasteiger charge is -2.40. The fraction of sp³-hybridized carbons (Fsp3) is 0.414. The summed E-state index contributed by atoms with van der Waals surface area (Å²) in [5.41, 5.74) is 4.31. The van der Waals surface area contributed by atoms with Crippen LogP contribution in [0, 0.1) is 12.3 Å². The smallest absolute Gasteiger partial charge is 0.307 e. The van der Waals surface area contributed by atoms with Gasteiger partial charge in [0.05, 0.1) is 24.0 Å². The number of aliphatic carboxylic acids is 1. The number of carboxylic acids is 1. The molecule has 1 fully saturated rings. The van der Waals surface area contributed by atoms with Gasteiger partial charge in [0.1, 0.15) is 24.2 Å². The van der Waals surface area contributed by atoms with Crippen molar-refractivity contribution in [1.82, 2.24) is 9.97 Å². The maximum Gasteiger partial charge on any atom is 0.307 e. The first-order chi connectivity index (χ1) is 17.2. The van der Waals surface area contributed by atoms with Gasteiger partial charge in [0.2, 0.25) is 0 Å². The summed E-state index contributed by atoms with van der Waals surface area (Å²) in [6.07, 6.45) is 5.38. The topological polar surface area (TPSA) is 84.8 Å². The van der Waals surface area contributed by atoms with Crippen LogP contribution in [0.15, 0.2) is 54.9 Å². The van der Waals surface area contributed by atoms with E-state index < -0.39 is 5.97 Å². The monoisotopic (exact) mass is 489 g/mol. The van der Waals surface area contributed by atoms with Gasteiger partial charge in [-0.15, -0.1) is 0 Å². The van der Waals surface area contributed by atoms with Crippen molar-refractivity contribution in [1.29, 1.82) is 0 Å². The number of rotatable bonds is 9. The van der Waals surface area contributed by atoms with E-state index in [-0.39, 0.29) is 17.9 Å². The Kier molecular flexibility index (Phi) is 7.77. The van der Waals surface area contributed by atoms with E-state index in [1.165, 1.54) is 0 Å². The average molecular weight is 490 g/mol. The van der Waals surface area contributed by atoms with E-state index in [0.29, 0.717) is 12.4 Å². The van der Waals surface area contributed by atoms with E-state index in [4.69, 9.17) is 9.47 Å². The molecule has 0 aliphatic carbocycles. The summed E-state index contributed by atoms with van der Waals surface area (Å²) in [5.74, 6) is 0.591. The van der Waals surface area contributed by atoms with E-state index in [9.17, 15) is 9.90 Å². The molecule has 1 aromatic carbocycles. The quantitative estimate of drug-likeness (QED) is 0.422. The molecule has 0 saturated carbocycles. The number of ether oxygens (including phenoxy) is 2. The van der Waals surface area contributed by atoms with Crippen LogP contribution in [0.1, 0.15) is 44.9 Å². The molecule has 0 bridgehead atoms. The Balaban J connectivity index is 1.55. The summed E-state index contributed by atoms with van der Waals surface area (Å²) in [6.45, 7) is 10.6. The van der Waals surface area contributed by atoms with Gasteiger partial charge < -0.3 is 19.5 Å². The lowest BCUT2D eigenvalue weighted by Crippen LogP contribution is -2.38. The molecule has 3 heterocycles. The van der Waals surface area contributed by atoms with Crippen LogP contribution in [0.25, 0.3) is 11.3 Å². The van der Waals surface area contributed by atoms with Crippen LogP contribution >= 0.6 is 0 Å². The number of nitrogens with zero attached hydrogens (tertiary/aromatic N) is 3. The van der Waals surface area contributed by atoms with Crippen LogP contribution in [0.2, 0.25) is 0 Å². The number of benzene rings is 1. The van der Waals surface area contributed by atoms with Gasteiger partial charge in [-0.25, -0.2) is 0 Å². The van der Waals surface area contributed by atoms with Crippen molar-refractivity contribution < 1.29 is 19.4 Å². The zero-order valence-electron chi connectivity index (χ0n) is 21.5. The third-order valence-corrected chi connectivity index (χ3v) is 6.70. The van der Waals surface area contributed by atoms with Crippen LogP contribution in [0.3, 0.4) is 0 Å². The van der Waals surface area contributed by atoms with E-state index in [0.717, 1.165) is 59.9 Å². The predicted octanol–water partition coefficient (Wildman–Crippen LogP) is 5.55. The van der Waals surface area contributed by atoms with Gasteiger partial charge in [0.25, 0.3) is 0 Å². The number of aryl methyl sites for hydroxylation is 1. The van der Waals surface area contributed by atoms with Gasteiger partial charge in [-0.3, -0.25) is 14.8 Å². The van der Waals surface area contributed by atoms with Crippen molar-refractivity contribution in [2.75, 3.05) is 24.6 Å². The molecule has 1 aliphatic heterocycles. The Morgan fingerprint density at radius 3 is 2.42 bits per heavy atom. The zero-order chi connectivity index (χ0) is 25.7. The maximum absolute atomic E-state index is 11.7. The number of hydrogen-bond acceptors (Lipinski definition) is 6. The lowest BCUT2D eigenvalue weighted by molar-refractivity contribution is -0.136. The number of anilines is 1. The molecule has 7 heteroatoms. The summed E-state index contributed by atoms with van der Waals surface area (Å²) in [4.78, 5) is 23.2. The number of para-hydroxylation sites is 1. The number of hydrogen-bond donors (Lipinski definition) is 1. The largest absolute Gasteiger partial charge is 0.490 e. The van der Waals surface area contributed by atoms with Crippen molar-refractivity contribution in [2.45, 2.75) is 53.1 Å². The third-order valence-electron chi connectivity index (χ3n) is 6.70. The number of carbonyl (C=O) groups is 1. The molecule has 2 aromatic heterocycles. The van der Waals surface area contributed by atoms with E-state index in [2.05, 4.69) is 28.7 Å². The van der Waals surface area contributed by atoms with Crippen LogP contribution in [-0.2, 0) is 11.2 Å². The van der Waals surface area contributed by atoms with Gasteiger partial charge in [0, 0.05) is 36.1 Å². The Morgan fingerprint density at radius 1 is 1.06 bits per heavy atom. The van der Waals surface area contributed by atoms with E-state index in [1.807, 2.05) is 62.5 Å². The molecule has 1 unspecified atom stereocenters. The van der Waals surface area contributed by atoms with Crippen LogP contribution in [0.4, 0.5) is 5.69 Å². The molecule has 0 amide bonds. The maximum atomic E-state index is 11.7. The first kappa shape index (κ1) is 25.5. The second-order valence-corrected chi connectivity index (χ2v) is 10.2. The van der Waals surface area contributed by atoms with Gasteiger partial charge in [-0.1, -0.05) is 32.0 Å². The Labute approximate surface area is 213 Å². The average Bonchev–Trinajstić information content (AvgIpc) is 2.85. The second kappa shape index (κ2) is 11.0. The van der Waals surface area contributed by atoms with Gasteiger partial charge in [-0.2, -0.15) is 0 Å². The minimum atomic E-state index is -0.862. The molecule has 1 aliphatic rings. The molecule has 3 aromatic rings.